The predicted octanol–water partition coefficient (Wildman–Crippen LogP) is 1.41. The first-order chi connectivity index (χ1) is 11.7. The summed E-state index contributed by atoms with van der Waals surface area (Å²) in [5.74, 6) is -4.62. The van der Waals surface area contributed by atoms with Crippen LogP contribution in [-0.2, 0) is 14.4 Å². The van der Waals surface area contributed by atoms with Crippen molar-refractivity contribution in [2.75, 3.05) is 14.1 Å². The van der Waals surface area contributed by atoms with Crippen molar-refractivity contribution in [3.05, 3.63) is 35.6 Å². The Morgan fingerprint density at radius 1 is 0.960 bits per heavy atom. The quantitative estimate of drug-likeness (QED) is 0.573. The summed E-state index contributed by atoms with van der Waals surface area (Å²) in [4.78, 5) is 61.3. The lowest BCUT2D eigenvalue weighted by molar-refractivity contribution is -0.151. The van der Waals surface area contributed by atoms with Crippen LogP contribution in [0.3, 0.4) is 0 Å². The number of carbonyl (C=O) groups excluding carboxylic acids is 5. The molecule has 0 aliphatic carbocycles. The Hall–Kier alpha value is -2.90. The number of benzene rings is 1. The molecule has 1 aliphatic heterocycles. The van der Waals surface area contributed by atoms with Gasteiger partial charge in [-0.15, -0.1) is 0 Å². The first kappa shape index (κ1) is 18.4. The van der Waals surface area contributed by atoms with E-state index in [9.17, 15) is 28.4 Å². The minimum Gasteiger partial charge on any atom is -0.298 e. The second kappa shape index (κ2) is 7.33. The van der Waals surface area contributed by atoms with Crippen LogP contribution in [0.15, 0.2) is 24.3 Å². The zero-order valence-electron chi connectivity index (χ0n) is 13.8. The summed E-state index contributed by atoms with van der Waals surface area (Å²) in [6, 6.07) is 4.25. The van der Waals surface area contributed by atoms with Crippen molar-refractivity contribution in [1.29, 1.82) is 0 Å². The zero-order chi connectivity index (χ0) is 18.7. The number of carbonyl (C=O) groups is 5. The van der Waals surface area contributed by atoms with Gasteiger partial charge in [0.2, 0.25) is 0 Å². The topological polar surface area (TPSA) is 91.8 Å². The molecule has 0 N–H and O–H groups in total. The summed E-state index contributed by atoms with van der Waals surface area (Å²) >= 11 is 0. The molecular weight excluding hydrogens is 331 g/mol. The maximum absolute atomic E-state index is 12.8. The molecule has 4 amide bonds. The van der Waals surface area contributed by atoms with Crippen molar-refractivity contribution in [2.24, 2.45) is 5.92 Å². The van der Waals surface area contributed by atoms with Crippen LogP contribution in [0, 0.1) is 11.7 Å². The van der Waals surface area contributed by atoms with Crippen molar-refractivity contribution >= 4 is 29.4 Å². The monoisotopic (exact) mass is 348 g/mol. The van der Waals surface area contributed by atoms with E-state index in [1.807, 2.05) is 0 Å². The molecule has 0 spiro atoms. The summed E-state index contributed by atoms with van der Waals surface area (Å²) in [6.45, 7) is 0. The fraction of sp³-hybridized carbons (Fsp3) is 0.353. The summed E-state index contributed by atoms with van der Waals surface area (Å²) < 4.78 is 12.8. The van der Waals surface area contributed by atoms with E-state index in [-0.39, 0.29) is 25.0 Å². The van der Waals surface area contributed by atoms with Crippen molar-refractivity contribution in [3.8, 4) is 0 Å². The van der Waals surface area contributed by atoms with Crippen molar-refractivity contribution in [2.45, 2.75) is 19.3 Å². The fourth-order valence-electron chi connectivity index (χ4n) is 2.53. The van der Waals surface area contributed by atoms with Gasteiger partial charge in [-0.2, -0.15) is 0 Å². The molecule has 0 unspecified atom stereocenters. The van der Waals surface area contributed by atoms with E-state index in [1.54, 1.807) is 0 Å². The first-order valence-corrected chi connectivity index (χ1v) is 7.64. The average molecular weight is 348 g/mol. The van der Waals surface area contributed by atoms with E-state index in [1.165, 1.54) is 38.4 Å². The van der Waals surface area contributed by atoms with Gasteiger partial charge in [0, 0.05) is 32.5 Å². The van der Waals surface area contributed by atoms with Crippen LogP contribution in [0.5, 0.6) is 0 Å². The number of nitrogens with zero attached hydrogens (tertiary/aromatic N) is 2. The van der Waals surface area contributed by atoms with E-state index in [2.05, 4.69) is 0 Å². The highest BCUT2D eigenvalue weighted by Gasteiger charge is 2.45. The molecular formula is C17H17FN2O5. The number of ketones is 2. The molecule has 132 valence electrons. The van der Waals surface area contributed by atoms with Gasteiger partial charge in [0.1, 0.15) is 5.82 Å². The van der Waals surface area contributed by atoms with Crippen LogP contribution in [0.2, 0.25) is 0 Å². The van der Waals surface area contributed by atoms with Crippen LogP contribution in [0.25, 0.3) is 0 Å². The molecule has 0 bridgehead atoms. The number of imide groups is 2. The number of barbiturate groups is 1. The zero-order valence-corrected chi connectivity index (χ0v) is 13.8. The highest BCUT2D eigenvalue weighted by Crippen LogP contribution is 2.19. The predicted molar refractivity (Wildman–Crippen MR) is 84.0 cm³/mol. The number of Topliss-reactive ketones (excluding diaryl/α,β-unsaturated/α-hetero) is 2. The largest absolute Gasteiger partial charge is 0.332 e. The van der Waals surface area contributed by atoms with E-state index in [0.29, 0.717) is 5.56 Å². The molecule has 1 aromatic carbocycles. The van der Waals surface area contributed by atoms with E-state index in [0.717, 1.165) is 9.80 Å². The second-order valence-electron chi connectivity index (χ2n) is 5.76. The standard InChI is InChI=1S/C17H17FN2O5/c1-19-15(23)14(16(24)20(2)17(19)25)13(22)5-3-4-12(21)10-6-8-11(18)9-7-10/h6-9,14H,3-5H2,1-2H3. The Kier molecular flexibility index (Phi) is 5.41. The molecule has 8 heteroatoms. The highest BCUT2D eigenvalue weighted by molar-refractivity contribution is 6.26. The minimum atomic E-state index is -1.55. The molecule has 2 rings (SSSR count). The maximum Gasteiger partial charge on any atom is 0.332 e. The molecule has 0 aromatic heterocycles. The van der Waals surface area contributed by atoms with Crippen LogP contribution in [0.1, 0.15) is 29.6 Å². The van der Waals surface area contributed by atoms with Crippen LogP contribution >= 0.6 is 0 Å². The molecule has 7 nitrogen and oxygen atoms in total. The fourth-order valence-corrected chi connectivity index (χ4v) is 2.53. The molecule has 1 saturated heterocycles. The molecule has 0 atom stereocenters. The van der Waals surface area contributed by atoms with Gasteiger partial charge in [-0.3, -0.25) is 29.0 Å². The second-order valence-corrected chi connectivity index (χ2v) is 5.76. The minimum absolute atomic E-state index is 0.0249. The summed E-state index contributed by atoms with van der Waals surface area (Å²) in [5.41, 5.74) is 0.323. The average Bonchev–Trinajstić information content (AvgIpc) is 2.59. The van der Waals surface area contributed by atoms with Gasteiger partial charge in [-0.1, -0.05) is 0 Å². The lowest BCUT2D eigenvalue weighted by Crippen LogP contribution is -2.58. The van der Waals surface area contributed by atoms with Gasteiger partial charge in [-0.25, -0.2) is 9.18 Å². The Balaban J connectivity index is 1.94. The summed E-state index contributed by atoms with van der Waals surface area (Å²) in [5, 5.41) is 0. The Morgan fingerprint density at radius 2 is 1.48 bits per heavy atom. The molecule has 1 aliphatic rings. The van der Waals surface area contributed by atoms with E-state index in [4.69, 9.17) is 0 Å². The van der Waals surface area contributed by atoms with Crippen LogP contribution < -0.4 is 0 Å². The van der Waals surface area contributed by atoms with Gasteiger partial charge in [0.15, 0.2) is 17.5 Å². The Labute approximate surface area is 143 Å². The van der Waals surface area contributed by atoms with Gasteiger partial charge in [-0.05, 0) is 30.7 Å². The van der Waals surface area contributed by atoms with Crippen LogP contribution in [-0.4, -0.2) is 53.3 Å². The van der Waals surface area contributed by atoms with E-state index < -0.39 is 35.4 Å². The molecule has 1 aromatic rings. The van der Waals surface area contributed by atoms with E-state index >= 15 is 0 Å². The molecule has 1 fully saturated rings. The Morgan fingerprint density at radius 3 is 2.00 bits per heavy atom. The third-order valence-electron chi connectivity index (χ3n) is 4.04. The van der Waals surface area contributed by atoms with Gasteiger partial charge in [0.05, 0.1) is 0 Å². The van der Waals surface area contributed by atoms with Crippen LogP contribution in [0.4, 0.5) is 9.18 Å². The molecule has 25 heavy (non-hydrogen) atoms. The molecule has 0 saturated carbocycles. The third-order valence-corrected chi connectivity index (χ3v) is 4.04. The van der Waals surface area contributed by atoms with Crippen molar-refractivity contribution in [3.63, 3.8) is 0 Å². The Bertz CT molecular complexity index is 720. The maximum atomic E-state index is 12.8. The highest BCUT2D eigenvalue weighted by atomic mass is 19.1. The number of amides is 4. The van der Waals surface area contributed by atoms with Crippen molar-refractivity contribution < 1.29 is 28.4 Å². The third kappa shape index (κ3) is 3.78. The number of rotatable bonds is 6. The number of hydrogen-bond donors (Lipinski definition) is 0. The summed E-state index contributed by atoms with van der Waals surface area (Å²) in [6.07, 6.45) is 0.0233. The van der Waals surface area contributed by atoms with Gasteiger partial charge in [0.25, 0.3) is 11.8 Å². The number of hydrogen-bond acceptors (Lipinski definition) is 5. The van der Waals surface area contributed by atoms with Gasteiger partial charge >= 0.3 is 6.03 Å². The summed E-state index contributed by atoms with van der Waals surface area (Å²) in [7, 11) is 2.40. The van der Waals surface area contributed by atoms with Gasteiger partial charge < -0.3 is 0 Å². The number of halogens is 1. The smallest absolute Gasteiger partial charge is 0.298 e. The SMILES string of the molecule is CN1C(=O)C(C(=O)CCCC(=O)c2ccc(F)cc2)C(=O)N(C)C1=O. The first-order valence-electron chi connectivity index (χ1n) is 7.64. The van der Waals surface area contributed by atoms with Crippen molar-refractivity contribution in [1.82, 2.24) is 9.80 Å². The number of urea groups is 1. The lowest BCUT2D eigenvalue weighted by Gasteiger charge is -2.32. The lowest BCUT2D eigenvalue weighted by atomic mass is 9.94. The molecule has 0 radical (unpaired) electrons. The normalized spacial score (nSPS) is 15.7. The molecule has 1 heterocycles.